The van der Waals surface area contributed by atoms with Gasteiger partial charge in [0.2, 0.25) is 0 Å². The molecule has 4 nitrogen and oxygen atoms in total. The number of nitrogens with one attached hydrogen (secondary N) is 1. The van der Waals surface area contributed by atoms with Crippen molar-refractivity contribution >= 4 is 39.1 Å². The first-order chi connectivity index (χ1) is 11.4. The summed E-state index contributed by atoms with van der Waals surface area (Å²) in [7, 11) is 0. The Hall–Kier alpha value is -1.92. The van der Waals surface area contributed by atoms with E-state index in [0.29, 0.717) is 21.1 Å². The quantitative estimate of drug-likeness (QED) is 0.556. The Labute approximate surface area is 148 Å². The van der Waals surface area contributed by atoms with Gasteiger partial charge in [-0.25, -0.2) is 4.98 Å². The van der Waals surface area contributed by atoms with Gasteiger partial charge in [-0.2, -0.15) is 0 Å². The highest BCUT2D eigenvalue weighted by Crippen LogP contribution is 2.31. The van der Waals surface area contributed by atoms with Crippen LogP contribution < -0.4 is 5.56 Å². The van der Waals surface area contributed by atoms with Crippen LogP contribution in [0.5, 0.6) is 0 Å². The molecular formula is C18H18N2O2S2. The summed E-state index contributed by atoms with van der Waals surface area (Å²) in [5.74, 6) is 0.431. The molecule has 0 unspecified atom stereocenters. The number of carbonyl (C=O) groups excluding carboxylic acids is 1. The molecule has 0 bridgehead atoms. The average Bonchev–Trinajstić information content (AvgIpc) is 2.97. The summed E-state index contributed by atoms with van der Waals surface area (Å²) in [5.41, 5.74) is 1.35. The van der Waals surface area contributed by atoms with E-state index >= 15 is 0 Å². The van der Waals surface area contributed by atoms with E-state index in [0.717, 1.165) is 11.1 Å². The number of nitrogens with zero attached hydrogens (tertiary/aromatic N) is 1. The normalized spacial score (nSPS) is 11.8. The van der Waals surface area contributed by atoms with Gasteiger partial charge in [0.1, 0.15) is 10.6 Å². The predicted octanol–water partition coefficient (Wildman–Crippen LogP) is 4.36. The zero-order valence-corrected chi connectivity index (χ0v) is 15.4. The Balaban J connectivity index is 1.93. The summed E-state index contributed by atoms with van der Waals surface area (Å²) in [6.07, 6.45) is 0. The maximum atomic E-state index is 12.5. The zero-order valence-electron chi connectivity index (χ0n) is 13.8. The van der Waals surface area contributed by atoms with Crippen LogP contribution in [-0.4, -0.2) is 21.5 Å². The van der Waals surface area contributed by atoms with Crippen LogP contribution in [0.4, 0.5) is 0 Å². The SMILES string of the molecule is CC(C)(C)C(=O)CSc1nc2scc(-c3ccccc3)c2c(=O)[nH]1. The third kappa shape index (κ3) is 3.44. The zero-order chi connectivity index (χ0) is 17.3. The Bertz CT molecular complexity index is 937. The molecule has 1 N–H and O–H groups in total. The number of thioether (sulfide) groups is 1. The van der Waals surface area contributed by atoms with E-state index in [1.54, 1.807) is 0 Å². The largest absolute Gasteiger partial charge is 0.301 e. The number of hydrogen-bond acceptors (Lipinski definition) is 5. The number of aromatic amines is 1. The molecule has 0 fully saturated rings. The standard InChI is InChI=1S/C18H18N2O2S2/c1-18(2,3)13(21)10-24-17-19-15(22)14-12(9-23-16(14)20-17)11-7-5-4-6-8-11/h4-9H,10H2,1-3H3,(H,19,20,22). The van der Waals surface area contributed by atoms with E-state index in [9.17, 15) is 9.59 Å². The van der Waals surface area contributed by atoms with Gasteiger partial charge in [-0.05, 0) is 5.56 Å². The van der Waals surface area contributed by atoms with E-state index < -0.39 is 0 Å². The molecule has 3 aromatic rings. The van der Waals surface area contributed by atoms with Crippen LogP contribution in [0.25, 0.3) is 21.3 Å². The van der Waals surface area contributed by atoms with Crippen LogP contribution in [0.1, 0.15) is 20.8 Å². The van der Waals surface area contributed by atoms with Crippen LogP contribution in [0.15, 0.2) is 45.7 Å². The number of thiophene rings is 1. The Morgan fingerprint density at radius 3 is 2.62 bits per heavy atom. The third-order valence-electron chi connectivity index (χ3n) is 3.68. The van der Waals surface area contributed by atoms with Crippen molar-refractivity contribution in [1.82, 2.24) is 9.97 Å². The lowest BCUT2D eigenvalue weighted by Crippen LogP contribution is -2.22. The molecule has 24 heavy (non-hydrogen) atoms. The summed E-state index contributed by atoms with van der Waals surface area (Å²) in [6, 6.07) is 9.80. The van der Waals surface area contributed by atoms with Crippen molar-refractivity contribution in [3.05, 3.63) is 46.1 Å². The van der Waals surface area contributed by atoms with Gasteiger partial charge in [-0.1, -0.05) is 62.9 Å². The molecule has 2 heterocycles. The number of ketones is 1. The molecule has 0 aliphatic carbocycles. The van der Waals surface area contributed by atoms with E-state index in [1.807, 2.05) is 56.5 Å². The van der Waals surface area contributed by atoms with Crippen LogP contribution in [0, 0.1) is 5.41 Å². The smallest absolute Gasteiger partial charge is 0.260 e. The summed E-state index contributed by atoms with van der Waals surface area (Å²) in [5, 5.41) is 3.06. The first-order valence-electron chi connectivity index (χ1n) is 7.59. The average molecular weight is 358 g/mol. The molecular weight excluding hydrogens is 340 g/mol. The fourth-order valence-electron chi connectivity index (χ4n) is 2.18. The van der Waals surface area contributed by atoms with Crippen molar-refractivity contribution in [2.24, 2.45) is 5.41 Å². The topological polar surface area (TPSA) is 62.8 Å². The molecule has 0 radical (unpaired) electrons. The van der Waals surface area contributed by atoms with Crippen molar-refractivity contribution in [3.8, 4) is 11.1 Å². The second-order valence-electron chi connectivity index (χ2n) is 6.53. The summed E-state index contributed by atoms with van der Waals surface area (Å²) < 4.78 is 0. The highest BCUT2D eigenvalue weighted by atomic mass is 32.2. The molecule has 3 rings (SSSR count). The third-order valence-corrected chi connectivity index (χ3v) is 5.43. The summed E-state index contributed by atoms with van der Waals surface area (Å²) in [4.78, 5) is 32.6. The van der Waals surface area contributed by atoms with Gasteiger partial charge in [0, 0.05) is 16.4 Å². The van der Waals surface area contributed by atoms with Crippen molar-refractivity contribution in [2.45, 2.75) is 25.9 Å². The van der Waals surface area contributed by atoms with Gasteiger partial charge in [0.15, 0.2) is 5.16 Å². The maximum absolute atomic E-state index is 12.5. The minimum Gasteiger partial charge on any atom is -0.301 e. The Kier molecular flexibility index (Phi) is 4.60. The minimum absolute atomic E-state index is 0.131. The van der Waals surface area contributed by atoms with Crippen LogP contribution in [0.3, 0.4) is 0 Å². The van der Waals surface area contributed by atoms with Crippen LogP contribution >= 0.6 is 23.1 Å². The van der Waals surface area contributed by atoms with Gasteiger partial charge in [0.05, 0.1) is 11.1 Å². The molecule has 124 valence electrons. The van der Waals surface area contributed by atoms with Gasteiger partial charge in [-0.3, -0.25) is 9.59 Å². The van der Waals surface area contributed by atoms with Crippen LogP contribution in [-0.2, 0) is 4.79 Å². The molecule has 0 saturated carbocycles. The van der Waals surface area contributed by atoms with Crippen molar-refractivity contribution in [2.75, 3.05) is 5.75 Å². The molecule has 1 aromatic carbocycles. The number of hydrogen-bond donors (Lipinski definition) is 1. The van der Waals surface area contributed by atoms with Crippen molar-refractivity contribution < 1.29 is 4.79 Å². The van der Waals surface area contributed by atoms with Gasteiger partial charge in [0.25, 0.3) is 5.56 Å². The second-order valence-corrected chi connectivity index (χ2v) is 8.35. The molecule has 6 heteroatoms. The molecule has 0 atom stereocenters. The number of carbonyl (C=O) groups is 1. The lowest BCUT2D eigenvalue weighted by atomic mass is 9.92. The molecule has 0 aliphatic rings. The van der Waals surface area contributed by atoms with E-state index in [1.165, 1.54) is 23.1 Å². The number of aromatic nitrogens is 2. The highest BCUT2D eigenvalue weighted by molar-refractivity contribution is 7.99. The first kappa shape index (κ1) is 16.9. The number of benzene rings is 1. The van der Waals surface area contributed by atoms with Crippen molar-refractivity contribution in [3.63, 3.8) is 0 Å². The lowest BCUT2D eigenvalue weighted by Gasteiger charge is -2.15. The second kappa shape index (κ2) is 6.53. The van der Waals surface area contributed by atoms with Gasteiger partial charge < -0.3 is 4.98 Å². The number of Topliss-reactive ketones (excluding diaryl/α,β-unsaturated/α-hetero) is 1. The number of rotatable bonds is 4. The fraction of sp³-hybridized carbons (Fsp3) is 0.278. The molecule has 2 aromatic heterocycles. The Morgan fingerprint density at radius 1 is 1.25 bits per heavy atom. The molecule has 0 aliphatic heterocycles. The van der Waals surface area contributed by atoms with Gasteiger partial charge in [-0.15, -0.1) is 11.3 Å². The molecule has 0 amide bonds. The minimum atomic E-state index is -0.388. The number of fused-ring (bicyclic) bond motifs is 1. The fourth-order valence-corrected chi connectivity index (χ4v) is 4.21. The first-order valence-corrected chi connectivity index (χ1v) is 9.46. The van der Waals surface area contributed by atoms with Crippen LogP contribution in [0.2, 0.25) is 0 Å². The summed E-state index contributed by atoms with van der Waals surface area (Å²) >= 11 is 2.73. The monoisotopic (exact) mass is 358 g/mol. The highest BCUT2D eigenvalue weighted by Gasteiger charge is 2.21. The van der Waals surface area contributed by atoms with E-state index in [4.69, 9.17) is 0 Å². The van der Waals surface area contributed by atoms with Crippen molar-refractivity contribution in [1.29, 1.82) is 0 Å². The number of H-pyrrole nitrogens is 1. The van der Waals surface area contributed by atoms with E-state index in [2.05, 4.69) is 9.97 Å². The van der Waals surface area contributed by atoms with Gasteiger partial charge >= 0.3 is 0 Å². The Morgan fingerprint density at radius 2 is 1.96 bits per heavy atom. The maximum Gasteiger partial charge on any atom is 0.260 e. The molecule has 0 saturated heterocycles. The lowest BCUT2D eigenvalue weighted by molar-refractivity contribution is -0.123. The molecule has 0 spiro atoms. The predicted molar refractivity (Wildman–Crippen MR) is 101 cm³/mol. The van der Waals surface area contributed by atoms with E-state index in [-0.39, 0.29) is 16.8 Å². The summed E-state index contributed by atoms with van der Waals surface area (Å²) in [6.45, 7) is 5.67.